The molecule has 0 fully saturated rings. The minimum atomic E-state index is 0.350. The quantitative estimate of drug-likeness (QED) is 0.672. The second-order valence-corrected chi connectivity index (χ2v) is 6.39. The molecule has 0 aliphatic carbocycles. The molecule has 1 unspecified atom stereocenters. The highest BCUT2D eigenvalue weighted by Crippen LogP contribution is 2.25. The van der Waals surface area contributed by atoms with Gasteiger partial charge in [0.05, 0.1) is 0 Å². The minimum Gasteiger partial charge on any atom is -0.305 e. The van der Waals surface area contributed by atoms with E-state index >= 15 is 0 Å². The highest BCUT2D eigenvalue weighted by atomic mass is 32.1. The topological polar surface area (TPSA) is 12.0 Å². The lowest BCUT2D eigenvalue weighted by Gasteiger charge is -2.16. The number of thiophene rings is 1. The zero-order valence-corrected chi connectivity index (χ0v) is 13.4. The van der Waals surface area contributed by atoms with Crippen molar-refractivity contribution in [2.75, 3.05) is 0 Å². The van der Waals surface area contributed by atoms with Gasteiger partial charge in [0, 0.05) is 17.5 Å². The van der Waals surface area contributed by atoms with Gasteiger partial charge in [-0.15, -0.1) is 11.3 Å². The summed E-state index contributed by atoms with van der Waals surface area (Å²) in [4.78, 5) is 1.46. The molecule has 3 aromatic rings. The molecule has 1 heterocycles. The molecule has 1 nitrogen and oxygen atoms in total. The maximum absolute atomic E-state index is 3.68. The summed E-state index contributed by atoms with van der Waals surface area (Å²) < 4.78 is 0. The molecule has 1 aromatic heterocycles. The zero-order valence-electron chi connectivity index (χ0n) is 12.6. The molecule has 21 heavy (non-hydrogen) atoms. The first-order chi connectivity index (χ1) is 10.3. The lowest BCUT2D eigenvalue weighted by molar-refractivity contribution is 0.580. The Bertz CT molecular complexity index is 724. The van der Waals surface area contributed by atoms with Crippen molar-refractivity contribution in [3.63, 3.8) is 0 Å². The lowest BCUT2D eigenvalue weighted by Crippen LogP contribution is -2.18. The molecular weight excluding hydrogens is 274 g/mol. The average Bonchev–Trinajstić information content (AvgIpc) is 2.99. The normalized spacial score (nSPS) is 12.7. The second kappa shape index (κ2) is 6.42. The van der Waals surface area contributed by atoms with Crippen LogP contribution >= 0.6 is 11.3 Å². The molecule has 0 amide bonds. The summed E-state index contributed by atoms with van der Waals surface area (Å²) >= 11 is 1.85. The molecule has 2 heteroatoms. The van der Waals surface area contributed by atoms with E-state index in [0.29, 0.717) is 6.04 Å². The molecule has 0 aliphatic rings. The molecular formula is C19H21NS. The van der Waals surface area contributed by atoms with E-state index < -0.39 is 0 Å². The summed E-state index contributed by atoms with van der Waals surface area (Å²) in [6, 6.07) is 17.8. The van der Waals surface area contributed by atoms with Gasteiger partial charge in [-0.1, -0.05) is 49.4 Å². The van der Waals surface area contributed by atoms with Gasteiger partial charge in [-0.2, -0.15) is 0 Å². The SMILES string of the molecule is CCc1ccsc1CNC(C)c1cccc2ccccc12. The predicted molar refractivity (Wildman–Crippen MR) is 92.9 cm³/mol. The molecule has 3 rings (SSSR count). The maximum Gasteiger partial charge on any atom is 0.0308 e. The third kappa shape index (κ3) is 3.02. The third-order valence-electron chi connectivity index (χ3n) is 4.08. The Balaban J connectivity index is 1.80. The standard InChI is InChI=1S/C19H21NS/c1-3-15-11-12-21-19(15)13-20-14(2)17-10-6-8-16-7-4-5-9-18(16)17/h4-12,14,20H,3,13H2,1-2H3. The third-order valence-corrected chi connectivity index (χ3v) is 5.04. The highest BCUT2D eigenvalue weighted by Gasteiger charge is 2.10. The summed E-state index contributed by atoms with van der Waals surface area (Å²) in [5, 5.41) is 8.53. The average molecular weight is 295 g/mol. The van der Waals surface area contributed by atoms with E-state index in [9.17, 15) is 0 Å². The largest absolute Gasteiger partial charge is 0.305 e. The summed E-state index contributed by atoms with van der Waals surface area (Å²) in [6.07, 6.45) is 1.11. The van der Waals surface area contributed by atoms with Crippen molar-refractivity contribution in [1.29, 1.82) is 0 Å². The second-order valence-electron chi connectivity index (χ2n) is 5.39. The van der Waals surface area contributed by atoms with Crippen molar-refractivity contribution in [2.24, 2.45) is 0 Å². The monoisotopic (exact) mass is 295 g/mol. The van der Waals surface area contributed by atoms with Gasteiger partial charge in [-0.25, -0.2) is 0 Å². The number of rotatable bonds is 5. The first-order valence-electron chi connectivity index (χ1n) is 7.56. The Labute approximate surface area is 130 Å². The Kier molecular flexibility index (Phi) is 4.37. The number of aryl methyl sites for hydroxylation is 1. The van der Waals surface area contributed by atoms with E-state index in [4.69, 9.17) is 0 Å². The van der Waals surface area contributed by atoms with E-state index in [-0.39, 0.29) is 0 Å². The van der Waals surface area contributed by atoms with Gasteiger partial charge in [0.2, 0.25) is 0 Å². The molecule has 0 spiro atoms. The van der Waals surface area contributed by atoms with Crippen molar-refractivity contribution in [2.45, 2.75) is 32.9 Å². The molecule has 0 aliphatic heterocycles. The minimum absolute atomic E-state index is 0.350. The molecule has 0 saturated carbocycles. The summed E-state index contributed by atoms with van der Waals surface area (Å²) in [6.45, 7) is 5.42. The summed E-state index contributed by atoms with van der Waals surface area (Å²) in [7, 11) is 0. The van der Waals surface area contributed by atoms with Crippen LogP contribution in [0.2, 0.25) is 0 Å². The Morgan fingerprint density at radius 3 is 2.71 bits per heavy atom. The van der Waals surface area contributed by atoms with Gasteiger partial charge in [-0.3, -0.25) is 0 Å². The van der Waals surface area contributed by atoms with Gasteiger partial charge >= 0.3 is 0 Å². The van der Waals surface area contributed by atoms with Crippen LogP contribution in [0.15, 0.2) is 53.9 Å². The molecule has 0 radical (unpaired) electrons. The summed E-state index contributed by atoms with van der Waals surface area (Å²) in [5.41, 5.74) is 2.85. The first kappa shape index (κ1) is 14.3. The van der Waals surface area contributed by atoms with Crippen LogP contribution in [-0.4, -0.2) is 0 Å². The molecule has 2 aromatic carbocycles. The Hall–Kier alpha value is -1.64. The first-order valence-corrected chi connectivity index (χ1v) is 8.44. The van der Waals surface area contributed by atoms with Crippen molar-refractivity contribution >= 4 is 22.1 Å². The zero-order chi connectivity index (χ0) is 14.7. The van der Waals surface area contributed by atoms with Crippen LogP contribution < -0.4 is 5.32 Å². The number of hydrogen-bond donors (Lipinski definition) is 1. The van der Waals surface area contributed by atoms with Gasteiger partial charge in [0.25, 0.3) is 0 Å². The van der Waals surface area contributed by atoms with Gasteiger partial charge in [-0.05, 0) is 46.7 Å². The van der Waals surface area contributed by atoms with Crippen LogP contribution in [-0.2, 0) is 13.0 Å². The maximum atomic E-state index is 3.68. The fourth-order valence-corrected chi connectivity index (χ4v) is 3.75. The van der Waals surface area contributed by atoms with Crippen molar-refractivity contribution in [3.05, 3.63) is 69.9 Å². The van der Waals surface area contributed by atoms with E-state index in [2.05, 4.69) is 73.1 Å². The van der Waals surface area contributed by atoms with E-state index in [1.807, 2.05) is 11.3 Å². The Morgan fingerprint density at radius 1 is 1.05 bits per heavy atom. The van der Waals surface area contributed by atoms with Crippen LogP contribution in [0.4, 0.5) is 0 Å². The Morgan fingerprint density at radius 2 is 1.86 bits per heavy atom. The number of nitrogens with one attached hydrogen (secondary N) is 1. The number of hydrogen-bond acceptors (Lipinski definition) is 2. The van der Waals surface area contributed by atoms with Crippen LogP contribution in [0.5, 0.6) is 0 Å². The van der Waals surface area contributed by atoms with Gasteiger partial charge in [0.15, 0.2) is 0 Å². The number of benzene rings is 2. The molecule has 1 N–H and O–H groups in total. The molecule has 0 bridgehead atoms. The van der Waals surface area contributed by atoms with Crippen LogP contribution in [0.3, 0.4) is 0 Å². The van der Waals surface area contributed by atoms with Crippen LogP contribution in [0.1, 0.15) is 35.9 Å². The van der Waals surface area contributed by atoms with Crippen molar-refractivity contribution < 1.29 is 0 Å². The molecule has 108 valence electrons. The number of fused-ring (bicyclic) bond motifs is 1. The summed E-state index contributed by atoms with van der Waals surface area (Å²) in [5.74, 6) is 0. The predicted octanol–water partition coefficient (Wildman–Crippen LogP) is 5.31. The van der Waals surface area contributed by atoms with Crippen molar-refractivity contribution in [3.8, 4) is 0 Å². The highest BCUT2D eigenvalue weighted by molar-refractivity contribution is 7.10. The van der Waals surface area contributed by atoms with Crippen LogP contribution in [0.25, 0.3) is 10.8 Å². The fraction of sp³-hybridized carbons (Fsp3) is 0.263. The molecule has 0 saturated heterocycles. The van der Waals surface area contributed by atoms with Gasteiger partial charge in [0.1, 0.15) is 0 Å². The lowest BCUT2D eigenvalue weighted by atomic mass is 9.99. The molecule has 1 atom stereocenters. The fourth-order valence-electron chi connectivity index (χ4n) is 2.82. The van der Waals surface area contributed by atoms with Crippen molar-refractivity contribution in [1.82, 2.24) is 5.32 Å². The van der Waals surface area contributed by atoms with E-state index in [1.54, 1.807) is 0 Å². The van der Waals surface area contributed by atoms with Crippen LogP contribution in [0, 0.1) is 0 Å². The van der Waals surface area contributed by atoms with E-state index in [0.717, 1.165) is 13.0 Å². The van der Waals surface area contributed by atoms with Gasteiger partial charge < -0.3 is 5.32 Å². The smallest absolute Gasteiger partial charge is 0.0308 e. The van der Waals surface area contributed by atoms with E-state index in [1.165, 1.54) is 26.8 Å².